The molecule has 1 amide bonds. The largest absolute Gasteiger partial charge is 0.444 e. The summed E-state index contributed by atoms with van der Waals surface area (Å²) in [6.45, 7) is 8.59. The van der Waals surface area contributed by atoms with Gasteiger partial charge < -0.3 is 9.73 Å². The number of furan rings is 1. The first-order valence-electron chi connectivity index (χ1n) is 7.37. The Balaban J connectivity index is 2.08. The maximum atomic E-state index is 12.3. The van der Waals surface area contributed by atoms with Crippen LogP contribution in [0.1, 0.15) is 41.6 Å². The summed E-state index contributed by atoms with van der Waals surface area (Å²) in [5.41, 5.74) is 2.07. The summed E-state index contributed by atoms with van der Waals surface area (Å²) in [5.74, 6) is 0.200. The molecule has 4 nitrogen and oxygen atoms in total. The Morgan fingerprint density at radius 3 is 2.68 bits per heavy atom. The zero-order valence-corrected chi connectivity index (χ0v) is 15.5. The van der Waals surface area contributed by atoms with Gasteiger partial charge >= 0.3 is 0 Å². The van der Waals surface area contributed by atoms with Gasteiger partial charge in [0.05, 0.1) is 6.04 Å². The van der Waals surface area contributed by atoms with Crippen molar-refractivity contribution < 1.29 is 9.21 Å². The number of thiophene rings is 1. The van der Waals surface area contributed by atoms with Gasteiger partial charge in [0.2, 0.25) is 0 Å². The van der Waals surface area contributed by atoms with Crippen LogP contribution < -0.4 is 5.32 Å². The molecule has 0 bridgehead atoms. The maximum Gasteiger partial charge on any atom is 0.287 e. The first kappa shape index (κ1) is 17.2. The molecule has 2 heterocycles. The van der Waals surface area contributed by atoms with E-state index in [-0.39, 0.29) is 11.9 Å². The zero-order valence-electron chi connectivity index (χ0n) is 13.1. The third kappa shape index (κ3) is 4.00. The van der Waals surface area contributed by atoms with Gasteiger partial charge in [-0.1, -0.05) is 13.8 Å². The summed E-state index contributed by atoms with van der Waals surface area (Å²) < 4.78 is 5.98. The molecule has 2 aromatic rings. The van der Waals surface area contributed by atoms with Crippen molar-refractivity contribution in [1.82, 2.24) is 10.2 Å². The Morgan fingerprint density at radius 1 is 1.45 bits per heavy atom. The molecule has 0 radical (unpaired) electrons. The minimum absolute atomic E-state index is 0.171. The number of nitrogens with zero attached hydrogens (tertiary/aromatic N) is 1. The van der Waals surface area contributed by atoms with Crippen LogP contribution in [-0.4, -0.2) is 30.4 Å². The smallest absolute Gasteiger partial charge is 0.287 e. The van der Waals surface area contributed by atoms with Gasteiger partial charge in [0.25, 0.3) is 5.91 Å². The van der Waals surface area contributed by atoms with Gasteiger partial charge in [-0.05, 0) is 64.4 Å². The standard InChI is InChI=1S/C16H21BrN2O2S/c1-4-19(5-2)13(12-6-7-22-10-12)9-18-16(20)15-11(3)8-14(17)21-15/h6-8,10,13H,4-5,9H2,1-3H3,(H,18,20). The number of nitrogens with one attached hydrogen (secondary N) is 1. The van der Waals surface area contributed by atoms with Crippen LogP contribution in [0.4, 0.5) is 0 Å². The van der Waals surface area contributed by atoms with Crippen LogP contribution in [-0.2, 0) is 0 Å². The summed E-state index contributed by atoms with van der Waals surface area (Å²) in [4.78, 5) is 14.7. The minimum atomic E-state index is -0.171. The van der Waals surface area contributed by atoms with Crippen molar-refractivity contribution in [3.63, 3.8) is 0 Å². The number of rotatable bonds is 7. The summed E-state index contributed by atoms with van der Waals surface area (Å²) in [7, 11) is 0. The van der Waals surface area contributed by atoms with E-state index >= 15 is 0 Å². The number of aryl methyl sites for hydroxylation is 1. The molecule has 0 aliphatic heterocycles. The lowest BCUT2D eigenvalue weighted by atomic mass is 10.1. The summed E-state index contributed by atoms with van der Waals surface area (Å²) in [5, 5.41) is 7.21. The zero-order chi connectivity index (χ0) is 16.1. The Hall–Kier alpha value is -1.11. The SMILES string of the molecule is CCN(CC)C(CNC(=O)c1oc(Br)cc1C)c1ccsc1. The highest BCUT2D eigenvalue weighted by molar-refractivity contribution is 9.10. The average Bonchev–Trinajstić information content (AvgIpc) is 3.12. The normalized spacial score (nSPS) is 12.6. The Morgan fingerprint density at radius 2 is 2.18 bits per heavy atom. The molecule has 22 heavy (non-hydrogen) atoms. The van der Waals surface area contributed by atoms with Crippen molar-refractivity contribution in [2.24, 2.45) is 0 Å². The van der Waals surface area contributed by atoms with E-state index in [1.807, 2.05) is 6.92 Å². The third-order valence-corrected chi connectivity index (χ3v) is 4.82. The van der Waals surface area contributed by atoms with Crippen LogP contribution in [0.15, 0.2) is 32.0 Å². The molecule has 0 saturated carbocycles. The Bertz CT molecular complexity index is 606. The number of carbonyl (C=O) groups excluding carboxylic acids is 1. The molecule has 2 aromatic heterocycles. The van der Waals surface area contributed by atoms with Crippen LogP contribution >= 0.6 is 27.3 Å². The van der Waals surface area contributed by atoms with Crippen molar-refractivity contribution in [3.8, 4) is 0 Å². The molecule has 120 valence electrons. The van der Waals surface area contributed by atoms with Gasteiger partial charge in [-0.15, -0.1) is 0 Å². The molecule has 0 aliphatic carbocycles. The van der Waals surface area contributed by atoms with Gasteiger partial charge in [-0.3, -0.25) is 9.69 Å². The average molecular weight is 385 g/mol. The number of hydrogen-bond donors (Lipinski definition) is 1. The Labute approximate surface area is 143 Å². The molecule has 2 rings (SSSR count). The summed E-state index contributed by atoms with van der Waals surface area (Å²) in [6, 6.07) is 4.11. The number of carbonyl (C=O) groups is 1. The van der Waals surface area contributed by atoms with E-state index in [0.29, 0.717) is 17.0 Å². The maximum absolute atomic E-state index is 12.3. The fraction of sp³-hybridized carbons (Fsp3) is 0.438. The van der Waals surface area contributed by atoms with E-state index in [1.165, 1.54) is 5.56 Å². The molecule has 1 unspecified atom stereocenters. The highest BCUT2D eigenvalue weighted by atomic mass is 79.9. The first-order chi connectivity index (χ1) is 10.6. The molecular weight excluding hydrogens is 364 g/mol. The fourth-order valence-corrected chi connectivity index (χ4v) is 3.74. The van der Waals surface area contributed by atoms with E-state index < -0.39 is 0 Å². The topological polar surface area (TPSA) is 45.5 Å². The summed E-state index contributed by atoms with van der Waals surface area (Å²) in [6.07, 6.45) is 0. The lowest BCUT2D eigenvalue weighted by Gasteiger charge is -2.29. The molecule has 0 saturated heterocycles. The Kier molecular flexibility index (Phi) is 6.23. The van der Waals surface area contributed by atoms with E-state index in [9.17, 15) is 4.79 Å². The van der Waals surface area contributed by atoms with Gasteiger partial charge in [-0.2, -0.15) is 11.3 Å². The predicted octanol–water partition coefficient (Wildman–Crippen LogP) is 4.22. The van der Waals surface area contributed by atoms with Gasteiger partial charge in [0, 0.05) is 12.1 Å². The highest BCUT2D eigenvalue weighted by Gasteiger charge is 2.21. The monoisotopic (exact) mass is 384 g/mol. The molecule has 0 aromatic carbocycles. The second-order valence-corrected chi connectivity index (χ2v) is 6.63. The van der Waals surface area contributed by atoms with E-state index in [4.69, 9.17) is 4.42 Å². The van der Waals surface area contributed by atoms with Crippen molar-refractivity contribution in [2.45, 2.75) is 26.8 Å². The van der Waals surface area contributed by atoms with Gasteiger partial charge in [0.1, 0.15) is 0 Å². The molecule has 6 heteroatoms. The van der Waals surface area contributed by atoms with Crippen molar-refractivity contribution in [3.05, 3.63) is 44.4 Å². The van der Waals surface area contributed by atoms with Crippen molar-refractivity contribution in [1.29, 1.82) is 0 Å². The quantitative estimate of drug-likeness (QED) is 0.776. The second kappa shape index (κ2) is 7.94. The van der Waals surface area contributed by atoms with Gasteiger partial charge in [0.15, 0.2) is 10.4 Å². The van der Waals surface area contributed by atoms with Crippen LogP contribution in [0.2, 0.25) is 0 Å². The molecule has 0 aliphatic rings. The van der Waals surface area contributed by atoms with E-state index in [1.54, 1.807) is 17.4 Å². The van der Waals surface area contributed by atoms with Crippen LogP contribution in [0.3, 0.4) is 0 Å². The highest BCUT2D eigenvalue weighted by Crippen LogP contribution is 2.23. The van der Waals surface area contributed by atoms with E-state index in [2.05, 4.69) is 56.8 Å². The van der Waals surface area contributed by atoms with E-state index in [0.717, 1.165) is 18.7 Å². The molecule has 0 spiro atoms. The lowest BCUT2D eigenvalue weighted by molar-refractivity contribution is 0.0905. The summed E-state index contributed by atoms with van der Waals surface area (Å²) >= 11 is 4.93. The lowest BCUT2D eigenvalue weighted by Crippen LogP contribution is -2.38. The van der Waals surface area contributed by atoms with Crippen LogP contribution in [0.5, 0.6) is 0 Å². The minimum Gasteiger partial charge on any atom is -0.444 e. The van der Waals surface area contributed by atoms with Crippen LogP contribution in [0.25, 0.3) is 0 Å². The molecule has 1 N–H and O–H groups in total. The van der Waals surface area contributed by atoms with Crippen molar-refractivity contribution >= 4 is 33.2 Å². The molecule has 0 fully saturated rings. The van der Waals surface area contributed by atoms with Crippen molar-refractivity contribution in [2.75, 3.05) is 19.6 Å². The predicted molar refractivity (Wildman–Crippen MR) is 93.5 cm³/mol. The number of amides is 1. The first-order valence-corrected chi connectivity index (χ1v) is 9.10. The third-order valence-electron chi connectivity index (χ3n) is 3.73. The second-order valence-electron chi connectivity index (χ2n) is 5.07. The molecular formula is C16H21BrN2O2S. The number of hydrogen-bond acceptors (Lipinski definition) is 4. The molecule has 1 atom stereocenters. The number of likely N-dealkylation sites (N-methyl/N-ethyl adjacent to an activating group) is 1. The van der Waals surface area contributed by atoms with Gasteiger partial charge in [-0.25, -0.2) is 0 Å². The fourth-order valence-electron chi connectivity index (χ4n) is 2.53. The van der Waals surface area contributed by atoms with Crippen LogP contribution in [0, 0.1) is 6.92 Å². The number of halogens is 1.